The number of hydrogen-bond acceptors (Lipinski definition) is 1. The van der Waals surface area contributed by atoms with Crippen LogP contribution in [0.25, 0.3) is 70.9 Å². The zero-order chi connectivity index (χ0) is 35.3. The van der Waals surface area contributed by atoms with Crippen molar-refractivity contribution in [3.63, 3.8) is 0 Å². The van der Waals surface area contributed by atoms with Gasteiger partial charge in [-0.2, -0.15) is 0 Å². The summed E-state index contributed by atoms with van der Waals surface area (Å²) in [4.78, 5) is 2.43. The Kier molecular flexibility index (Phi) is 6.33. The van der Waals surface area contributed by atoms with Crippen molar-refractivity contribution in [3.05, 3.63) is 193 Å². The normalized spacial score (nSPS) is 13.2. The number of fused-ring (bicyclic) bond motifs is 8. The zero-order valence-corrected chi connectivity index (χ0v) is 29.7. The average Bonchev–Trinajstić information content (AvgIpc) is 3.54. The van der Waals surface area contributed by atoms with E-state index in [1.165, 1.54) is 82.1 Å². The highest BCUT2D eigenvalue weighted by molar-refractivity contribution is 6.14. The standard InChI is InChI=1S/C51H36N2/c1-51(2)45-20-7-8-22-49(45)53-48-29-26-37(32-44(48)43-19-10-21-46(51)50(43)53)40-16-9-18-42-41(40)17-11-23-47(42)52(38-27-24-33-12-3-5-14-35(33)30-38)39-28-25-34-13-4-6-15-36(34)31-39/h3-32H,1-2H3. The number of nitrogens with zero attached hydrogens (tertiary/aromatic N) is 2. The van der Waals surface area contributed by atoms with Gasteiger partial charge in [0.05, 0.1) is 22.4 Å². The molecule has 0 bridgehead atoms. The van der Waals surface area contributed by atoms with Crippen LogP contribution in [0.1, 0.15) is 25.0 Å². The Morgan fingerprint density at radius 3 is 1.79 bits per heavy atom. The van der Waals surface area contributed by atoms with Crippen molar-refractivity contribution >= 4 is 71.2 Å². The molecule has 1 aromatic heterocycles. The van der Waals surface area contributed by atoms with Crippen molar-refractivity contribution in [2.24, 2.45) is 0 Å². The molecule has 0 saturated carbocycles. The van der Waals surface area contributed by atoms with Gasteiger partial charge < -0.3 is 9.47 Å². The molecular formula is C51H36N2. The summed E-state index contributed by atoms with van der Waals surface area (Å²) < 4.78 is 2.50. The minimum absolute atomic E-state index is 0.0860. The molecule has 0 N–H and O–H groups in total. The van der Waals surface area contributed by atoms with Crippen LogP contribution in [0.5, 0.6) is 0 Å². The summed E-state index contributed by atoms with van der Waals surface area (Å²) in [5.41, 5.74) is 12.4. The second-order valence-electron chi connectivity index (χ2n) is 15.0. The summed E-state index contributed by atoms with van der Waals surface area (Å²) in [5.74, 6) is 0. The van der Waals surface area contributed by atoms with Crippen LogP contribution in [0.2, 0.25) is 0 Å². The molecule has 0 fully saturated rings. The Labute approximate surface area is 308 Å². The van der Waals surface area contributed by atoms with Gasteiger partial charge in [-0.05, 0) is 97.7 Å². The summed E-state index contributed by atoms with van der Waals surface area (Å²) in [6.07, 6.45) is 0. The van der Waals surface area contributed by atoms with Crippen LogP contribution in [0.3, 0.4) is 0 Å². The molecule has 0 atom stereocenters. The van der Waals surface area contributed by atoms with Crippen molar-refractivity contribution in [3.8, 4) is 16.8 Å². The molecule has 250 valence electrons. The number of benzene rings is 9. The van der Waals surface area contributed by atoms with Crippen molar-refractivity contribution in [2.45, 2.75) is 19.3 Å². The van der Waals surface area contributed by atoms with Gasteiger partial charge in [0.15, 0.2) is 0 Å². The van der Waals surface area contributed by atoms with Crippen LogP contribution < -0.4 is 4.90 Å². The van der Waals surface area contributed by atoms with Crippen LogP contribution in [-0.2, 0) is 5.41 Å². The van der Waals surface area contributed by atoms with Crippen molar-refractivity contribution in [1.29, 1.82) is 0 Å². The van der Waals surface area contributed by atoms with E-state index in [0.29, 0.717) is 0 Å². The number of hydrogen-bond donors (Lipinski definition) is 0. The molecule has 2 nitrogen and oxygen atoms in total. The summed E-state index contributed by atoms with van der Waals surface area (Å²) in [6.45, 7) is 4.72. The van der Waals surface area contributed by atoms with E-state index in [2.05, 4.69) is 205 Å². The van der Waals surface area contributed by atoms with Crippen LogP contribution in [0.4, 0.5) is 17.1 Å². The van der Waals surface area contributed by atoms with Crippen LogP contribution >= 0.6 is 0 Å². The molecule has 53 heavy (non-hydrogen) atoms. The SMILES string of the molecule is CC1(C)c2ccccc2-n2c3ccc(-c4cccc5c(N(c6ccc7ccccc7c6)c6ccc7ccccc7c6)cccc45)cc3c3cccc1c32. The highest BCUT2D eigenvalue weighted by atomic mass is 15.1. The third-order valence-electron chi connectivity index (χ3n) is 11.7. The minimum Gasteiger partial charge on any atom is -0.310 e. The molecule has 0 saturated heterocycles. The maximum Gasteiger partial charge on any atom is 0.0582 e. The van der Waals surface area contributed by atoms with Crippen molar-refractivity contribution < 1.29 is 0 Å². The molecule has 0 amide bonds. The van der Waals surface area contributed by atoms with Gasteiger partial charge in [-0.3, -0.25) is 0 Å². The lowest BCUT2D eigenvalue weighted by atomic mass is 9.75. The first-order valence-electron chi connectivity index (χ1n) is 18.5. The largest absolute Gasteiger partial charge is 0.310 e. The molecule has 0 unspecified atom stereocenters. The molecule has 11 rings (SSSR count). The summed E-state index contributed by atoms with van der Waals surface area (Å²) in [7, 11) is 0. The molecule has 1 aliphatic rings. The Morgan fingerprint density at radius 2 is 1.04 bits per heavy atom. The molecule has 2 heteroatoms. The average molecular weight is 677 g/mol. The Balaban J connectivity index is 1.13. The van der Waals surface area contributed by atoms with E-state index in [9.17, 15) is 0 Å². The zero-order valence-electron chi connectivity index (χ0n) is 29.7. The summed E-state index contributed by atoms with van der Waals surface area (Å²) in [6, 6.07) is 67.3. The number of anilines is 3. The van der Waals surface area contributed by atoms with Gasteiger partial charge in [0, 0.05) is 32.9 Å². The van der Waals surface area contributed by atoms with E-state index in [-0.39, 0.29) is 5.41 Å². The molecule has 10 aromatic rings. The fraction of sp³-hybridized carbons (Fsp3) is 0.0588. The van der Waals surface area contributed by atoms with E-state index >= 15 is 0 Å². The molecular weight excluding hydrogens is 641 g/mol. The Hall–Kier alpha value is -6.64. The maximum absolute atomic E-state index is 2.50. The highest BCUT2D eigenvalue weighted by Crippen LogP contribution is 2.48. The second-order valence-corrected chi connectivity index (χ2v) is 15.0. The molecule has 9 aromatic carbocycles. The fourth-order valence-corrected chi connectivity index (χ4v) is 9.13. The fourth-order valence-electron chi connectivity index (χ4n) is 9.13. The number of aromatic nitrogens is 1. The van der Waals surface area contributed by atoms with E-state index in [4.69, 9.17) is 0 Å². The summed E-state index contributed by atoms with van der Waals surface area (Å²) in [5, 5.41) is 9.96. The Morgan fingerprint density at radius 1 is 0.434 bits per heavy atom. The maximum atomic E-state index is 2.50. The van der Waals surface area contributed by atoms with Crippen molar-refractivity contribution in [1.82, 2.24) is 4.57 Å². The minimum atomic E-state index is -0.0860. The van der Waals surface area contributed by atoms with E-state index in [0.717, 1.165) is 17.1 Å². The van der Waals surface area contributed by atoms with Crippen LogP contribution in [-0.4, -0.2) is 4.57 Å². The molecule has 1 aliphatic heterocycles. The molecule has 0 aliphatic carbocycles. The van der Waals surface area contributed by atoms with E-state index in [1.54, 1.807) is 0 Å². The van der Waals surface area contributed by atoms with Gasteiger partial charge in [-0.25, -0.2) is 0 Å². The molecule has 0 spiro atoms. The smallest absolute Gasteiger partial charge is 0.0582 e. The Bertz CT molecular complexity index is 3030. The van der Waals surface area contributed by atoms with Crippen LogP contribution in [0, 0.1) is 0 Å². The molecule has 2 heterocycles. The predicted octanol–water partition coefficient (Wildman–Crippen LogP) is 14.0. The number of rotatable bonds is 4. The predicted molar refractivity (Wildman–Crippen MR) is 226 cm³/mol. The lowest BCUT2D eigenvalue weighted by molar-refractivity contribution is 0.630. The topological polar surface area (TPSA) is 8.17 Å². The van der Waals surface area contributed by atoms with Gasteiger partial charge in [-0.1, -0.05) is 147 Å². The quantitative estimate of drug-likeness (QED) is 0.180. The number of para-hydroxylation sites is 2. The van der Waals surface area contributed by atoms with Crippen LogP contribution in [0.15, 0.2) is 182 Å². The lowest BCUT2D eigenvalue weighted by Gasteiger charge is -2.34. The molecule has 0 radical (unpaired) electrons. The van der Waals surface area contributed by atoms with Crippen molar-refractivity contribution in [2.75, 3.05) is 4.90 Å². The van der Waals surface area contributed by atoms with Gasteiger partial charge in [0.1, 0.15) is 0 Å². The summed E-state index contributed by atoms with van der Waals surface area (Å²) >= 11 is 0. The third kappa shape index (κ3) is 4.39. The van der Waals surface area contributed by atoms with Gasteiger partial charge >= 0.3 is 0 Å². The highest BCUT2D eigenvalue weighted by Gasteiger charge is 2.34. The first-order chi connectivity index (χ1) is 26.0. The second kappa shape index (κ2) is 11.2. The van der Waals surface area contributed by atoms with Gasteiger partial charge in [0.2, 0.25) is 0 Å². The van der Waals surface area contributed by atoms with E-state index < -0.39 is 0 Å². The van der Waals surface area contributed by atoms with Gasteiger partial charge in [0.25, 0.3) is 0 Å². The lowest BCUT2D eigenvalue weighted by Crippen LogP contribution is -2.26. The first-order valence-corrected chi connectivity index (χ1v) is 18.5. The monoisotopic (exact) mass is 676 g/mol. The third-order valence-corrected chi connectivity index (χ3v) is 11.7. The van der Waals surface area contributed by atoms with Gasteiger partial charge in [-0.15, -0.1) is 0 Å². The first kappa shape index (κ1) is 30.0. The van der Waals surface area contributed by atoms with E-state index in [1.807, 2.05) is 0 Å².